The van der Waals surface area contributed by atoms with Crippen LogP contribution in [0.2, 0.25) is 0 Å². The zero-order valence-electron chi connectivity index (χ0n) is 32.0. The van der Waals surface area contributed by atoms with Crippen LogP contribution in [0, 0.1) is 35.5 Å². The molecular formula is C42H62O13. The van der Waals surface area contributed by atoms with Crippen LogP contribution in [0.15, 0.2) is 11.6 Å². The molecular weight excluding hydrogens is 712 g/mol. The number of carbonyl (C=O) groups is 3. The molecule has 7 unspecified atom stereocenters. The predicted molar refractivity (Wildman–Crippen MR) is 194 cm³/mol. The minimum Gasteiger partial charge on any atom is -0.392 e. The van der Waals surface area contributed by atoms with Crippen molar-refractivity contribution in [1.29, 1.82) is 0 Å². The topological polar surface area (TPSA) is 232 Å². The Hall–Kier alpha value is -1.65. The molecule has 8 rings (SSSR count). The predicted octanol–water partition coefficient (Wildman–Crippen LogP) is 1.34. The van der Waals surface area contributed by atoms with E-state index < -0.39 is 94.9 Å². The Morgan fingerprint density at radius 2 is 1.36 bits per heavy atom. The average Bonchev–Trinajstić information content (AvgIpc) is 3.66. The van der Waals surface area contributed by atoms with E-state index in [1.54, 1.807) is 6.08 Å². The van der Waals surface area contributed by atoms with Crippen LogP contribution in [0.1, 0.15) is 122 Å². The Bertz CT molecular complexity index is 1540. The number of hydrogen-bond donors (Lipinski definition) is 8. The molecule has 1 heterocycles. The molecule has 0 amide bonds. The van der Waals surface area contributed by atoms with Gasteiger partial charge in [-0.1, -0.05) is 5.57 Å². The van der Waals surface area contributed by atoms with Crippen LogP contribution in [-0.2, 0) is 23.9 Å². The van der Waals surface area contributed by atoms with Gasteiger partial charge in [0.2, 0.25) is 0 Å². The van der Waals surface area contributed by atoms with Gasteiger partial charge < -0.3 is 50.3 Å². The zero-order chi connectivity index (χ0) is 39.2. The molecule has 0 aromatic heterocycles. The molecule has 55 heavy (non-hydrogen) atoms. The summed E-state index contributed by atoms with van der Waals surface area (Å²) in [7, 11) is 0. The fourth-order valence-electron chi connectivity index (χ4n) is 13.4. The molecule has 0 spiro atoms. The lowest BCUT2D eigenvalue weighted by Crippen LogP contribution is -2.73. The van der Waals surface area contributed by atoms with Gasteiger partial charge in [0.15, 0.2) is 5.78 Å². The molecule has 0 aromatic carbocycles. The van der Waals surface area contributed by atoms with E-state index in [9.17, 15) is 55.2 Å². The lowest BCUT2D eigenvalue weighted by atomic mass is 9.47. The van der Waals surface area contributed by atoms with Crippen LogP contribution in [0.3, 0.4) is 0 Å². The van der Waals surface area contributed by atoms with E-state index in [2.05, 4.69) is 0 Å². The number of allylic oxidation sites excluding steroid dienone is 1. The molecule has 13 heteroatoms. The number of hydrogen-bond acceptors (Lipinski definition) is 13. The quantitative estimate of drug-likeness (QED) is 0.183. The number of fused-ring (bicyclic) bond motifs is 5. The number of Topliss-reactive ketones (excluding diaryl/α,β-unsaturated/α-hetero) is 2. The van der Waals surface area contributed by atoms with Crippen molar-refractivity contribution in [1.82, 2.24) is 0 Å². The minimum absolute atomic E-state index is 0.00745. The summed E-state index contributed by atoms with van der Waals surface area (Å²) in [5.74, 6) is -2.48. The third-order valence-corrected chi connectivity index (χ3v) is 16.3. The summed E-state index contributed by atoms with van der Waals surface area (Å²) in [6, 6.07) is 0. The molecule has 6 saturated carbocycles. The highest BCUT2D eigenvalue weighted by Crippen LogP contribution is 2.65. The summed E-state index contributed by atoms with van der Waals surface area (Å²) in [6.45, 7) is 1.81. The van der Waals surface area contributed by atoms with Crippen LogP contribution in [0.5, 0.6) is 0 Å². The average molecular weight is 775 g/mol. The Morgan fingerprint density at radius 3 is 2.04 bits per heavy atom. The lowest BCUT2D eigenvalue weighted by molar-refractivity contribution is -0.303. The second kappa shape index (κ2) is 14.6. The highest BCUT2D eigenvalue weighted by molar-refractivity contribution is 5.93. The van der Waals surface area contributed by atoms with Gasteiger partial charge in [-0.05, 0) is 114 Å². The van der Waals surface area contributed by atoms with E-state index >= 15 is 0 Å². The minimum atomic E-state index is -1.48. The second-order valence-electron chi connectivity index (χ2n) is 19.2. The molecule has 308 valence electrons. The maximum atomic E-state index is 13.5. The van der Waals surface area contributed by atoms with Crippen LogP contribution in [-0.4, -0.2) is 129 Å². The number of carbonyl (C=O) groups excluding carboxylic acids is 3. The second-order valence-corrected chi connectivity index (χ2v) is 19.2. The van der Waals surface area contributed by atoms with E-state index in [0.717, 1.165) is 5.57 Å². The fourth-order valence-corrected chi connectivity index (χ4v) is 13.4. The summed E-state index contributed by atoms with van der Waals surface area (Å²) in [5, 5.41) is 90.1. The molecule has 8 aliphatic rings. The van der Waals surface area contributed by atoms with E-state index in [4.69, 9.17) is 9.47 Å². The Kier molecular flexibility index (Phi) is 10.6. The smallest absolute Gasteiger partial charge is 0.155 e. The van der Waals surface area contributed by atoms with Gasteiger partial charge in [-0.2, -0.15) is 0 Å². The van der Waals surface area contributed by atoms with Gasteiger partial charge in [0.05, 0.1) is 59.5 Å². The molecule has 1 saturated heterocycles. The highest BCUT2D eigenvalue weighted by atomic mass is 16.5. The number of ether oxygens (including phenoxy) is 2. The van der Waals surface area contributed by atoms with Gasteiger partial charge in [-0.25, -0.2) is 0 Å². The normalized spacial score (nSPS) is 53.0. The van der Waals surface area contributed by atoms with Gasteiger partial charge in [0.1, 0.15) is 23.3 Å². The first kappa shape index (κ1) is 40.1. The standard InChI is InChI=1S/C42H62O13/c1-21-28(12-22-13-36(47)38(49)37(48)14-22)33(44)17-26(54-21)16-29-34(45)18-27(19-35(29)46)55-25-4-9-40(51)31-7-11-41(52)30(23-2-3-24(43)15-23)6-10-42(41,53)32(31)5-8-39(40,50)20-25/h15,21-22,25-32,34,36-38,45,47-53H,2-14,16-20H2,1H3/t21-,22?,25+,26+,27-,28?,29?,30-,31?,32?,34+,36+,37?,38?,39+,40+,41+,42+/m1/s1. The van der Waals surface area contributed by atoms with Crippen LogP contribution in [0.25, 0.3) is 0 Å². The third kappa shape index (κ3) is 6.74. The molecule has 1 aliphatic heterocycles. The van der Waals surface area contributed by atoms with Crippen LogP contribution >= 0.6 is 0 Å². The van der Waals surface area contributed by atoms with Crippen LogP contribution < -0.4 is 0 Å². The lowest BCUT2D eigenvalue weighted by Gasteiger charge is -2.64. The summed E-state index contributed by atoms with van der Waals surface area (Å²) in [5.41, 5.74) is -4.83. The largest absolute Gasteiger partial charge is 0.392 e. The zero-order valence-corrected chi connectivity index (χ0v) is 32.0. The van der Waals surface area contributed by atoms with Gasteiger partial charge in [0, 0.05) is 49.9 Å². The Morgan fingerprint density at radius 1 is 0.709 bits per heavy atom. The third-order valence-electron chi connectivity index (χ3n) is 16.3. The Balaban J connectivity index is 0.846. The van der Waals surface area contributed by atoms with Gasteiger partial charge in [0.25, 0.3) is 0 Å². The first-order valence-electron chi connectivity index (χ1n) is 21.2. The maximum Gasteiger partial charge on any atom is 0.155 e. The summed E-state index contributed by atoms with van der Waals surface area (Å²) in [6.07, 6.45) is 1.28. The molecule has 0 bridgehead atoms. The van der Waals surface area contributed by atoms with E-state index in [1.807, 2.05) is 6.92 Å². The molecule has 7 fully saturated rings. The van der Waals surface area contributed by atoms with Crippen molar-refractivity contribution in [3.63, 3.8) is 0 Å². The molecule has 13 nitrogen and oxygen atoms in total. The van der Waals surface area contributed by atoms with Crippen molar-refractivity contribution in [2.24, 2.45) is 35.5 Å². The van der Waals surface area contributed by atoms with E-state index in [0.29, 0.717) is 64.2 Å². The van der Waals surface area contributed by atoms with Gasteiger partial charge in [-0.3, -0.25) is 14.4 Å². The number of ketones is 3. The molecule has 18 atom stereocenters. The van der Waals surface area contributed by atoms with Gasteiger partial charge in [-0.15, -0.1) is 0 Å². The number of rotatable bonds is 7. The van der Waals surface area contributed by atoms with Crippen molar-refractivity contribution < 1.29 is 64.7 Å². The maximum absolute atomic E-state index is 13.5. The SMILES string of the molecule is C[C@H]1O[C@@H](CC2C(=O)C[C@H](O[C@H]3CC[C@]4(O)C5CC[C@]6(O)[C@@H](C7=CC(=O)CC7)CC[C@]6(O)C5CC[C@]4(O)C3)C[C@@H]2O)CC(=O)C1CC1CC(O)C(O)[C@@H](O)C1. The van der Waals surface area contributed by atoms with Crippen molar-refractivity contribution in [2.45, 2.75) is 194 Å². The van der Waals surface area contributed by atoms with Crippen molar-refractivity contribution in [2.75, 3.05) is 0 Å². The molecule has 0 radical (unpaired) electrons. The van der Waals surface area contributed by atoms with Crippen molar-refractivity contribution >= 4 is 17.3 Å². The number of aliphatic hydroxyl groups excluding tert-OH is 4. The summed E-state index contributed by atoms with van der Waals surface area (Å²) < 4.78 is 12.6. The van der Waals surface area contributed by atoms with E-state index in [-0.39, 0.29) is 80.6 Å². The van der Waals surface area contributed by atoms with E-state index in [1.165, 1.54) is 0 Å². The van der Waals surface area contributed by atoms with Crippen molar-refractivity contribution in [3.05, 3.63) is 11.6 Å². The monoisotopic (exact) mass is 774 g/mol. The molecule has 8 N–H and O–H groups in total. The summed E-state index contributed by atoms with van der Waals surface area (Å²) >= 11 is 0. The number of aliphatic hydroxyl groups is 8. The highest BCUT2D eigenvalue weighted by Gasteiger charge is 2.72. The Labute approximate surface area is 322 Å². The first-order chi connectivity index (χ1) is 25.9. The van der Waals surface area contributed by atoms with Crippen LogP contribution in [0.4, 0.5) is 0 Å². The fraction of sp³-hybridized carbons (Fsp3) is 0.881. The molecule has 7 aliphatic carbocycles. The first-order valence-corrected chi connectivity index (χ1v) is 21.2. The molecule has 0 aromatic rings. The summed E-state index contributed by atoms with van der Waals surface area (Å²) in [4.78, 5) is 38.8. The van der Waals surface area contributed by atoms with Gasteiger partial charge >= 0.3 is 0 Å². The van der Waals surface area contributed by atoms with Crippen molar-refractivity contribution in [3.8, 4) is 0 Å².